The van der Waals surface area contributed by atoms with E-state index in [-0.39, 0.29) is 6.10 Å². The Morgan fingerprint density at radius 2 is 2.00 bits per heavy atom. The molecule has 1 atom stereocenters. The number of piperidine rings is 1. The predicted molar refractivity (Wildman–Crippen MR) is 79.9 cm³/mol. The number of hydrogen-bond donors (Lipinski definition) is 2. The van der Waals surface area contributed by atoms with E-state index in [1.165, 1.54) is 5.69 Å². The third kappa shape index (κ3) is 2.81. The van der Waals surface area contributed by atoms with Gasteiger partial charge in [-0.05, 0) is 66.2 Å². The Kier molecular flexibility index (Phi) is 4.17. The molecule has 0 spiro atoms. The van der Waals surface area contributed by atoms with Gasteiger partial charge in [0.25, 0.3) is 0 Å². The van der Waals surface area contributed by atoms with Crippen molar-refractivity contribution in [2.75, 3.05) is 23.7 Å². The Labute approximate surface area is 117 Å². The summed E-state index contributed by atoms with van der Waals surface area (Å²) in [6.07, 6.45) is 1.91. The van der Waals surface area contributed by atoms with E-state index in [0.29, 0.717) is 5.92 Å². The Morgan fingerprint density at radius 3 is 2.56 bits per heavy atom. The van der Waals surface area contributed by atoms with Gasteiger partial charge in [-0.2, -0.15) is 0 Å². The Bertz CT molecular complexity index is 426. The molecule has 0 aliphatic carbocycles. The van der Waals surface area contributed by atoms with Crippen molar-refractivity contribution in [3.63, 3.8) is 0 Å². The van der Waals surface area contributed by atoms with Gasteiger partial charge in [0, 0.05) is 23.2 Å². The number of rotatable bonds is 2. The Morgan fingerprint density at radius 1 is 1.39 bits per heavy atom. The van der Waals surface area contributed by atoms with Gasteiger partial charge >= 0.3 is 0 Å². The van der Waals surface area contributed by atoms with Crippen molar-refractivity contribution in [3.05, 3.63) is 22.2 Å². The molecule has 1 aromatic rings. The zero-order chi connectivity index (χ0) is 13.3. The number of hydrogen-bond acceptors (Lipinski definition) is 3. The van der Waals surface area contributed by atoms with E-state index >= 15 is 0 Å². The van der Waals surface area contributed by atoms with Crippen LogP contribution in [0.1, 0.15) is 25.3 Å². The summed E-state index contributed by atoms with van der Waals surface area (Å²) in [5.74, 6) is 0.440. The van der Waals surface area contributed by atoms with E-state index in [0.717, 1.165) is 41.7 Å². The van der Waals surface area contributed by atoms with Gasteiger partial charge < -0.3 is 15.7 Å². The molecular weight excluding hydrogens is 292 g/mol. The highest BCUT2D eigenvalue weighted by Crippen LogP contribution is 2.33. The molecule has 0 saturated carbocycles. The summed E-state index contributed by atoms with van der Waals surface area (Å²) in [5.41, 5.74) is 9.05. The molecule has 1 aliphatic rings. The normalized spacial score (nSPS) is 19.0. The first kappa shape index (κ1) is 13.7. The van der Waals surface area contributed by atoms with Gasteiger partial charge in [0.1, 0.15) is 0 Å². The fourth-order valence-electron chi connectivity index (χ4n) is 2.55. The second kappa shape index (κ2) is 5.49. The number of anilines is 2. The molecule has 1 aliphatic heterocycles. The van der Waals surface area contributed by atoms with Gasteiger partial charge in [-0.25, -0.2) is 0 Å². The summed E-state index contributed by atoms with van der Waals surface area (Å²) < 4.78 is 1.06. The fraction of sp³-hybridized carbons (Fsp3) is 0.571. The smallest absolute Gasteiger partial charge is 0.0541 e. The molecule has 3 N–H and O–H groups in total. The highest BCUT2D eigenvalue weighted by molar-refractivity contribution is 9.10. The zero-order valence-electron chi connectivity index (χ0n) is 11.0. The van der Waals surface area contributed by atoms with Crippen LogP contribution in [0.3, 0.4) is 0 Å². The number of aliphatic hydroxyl groups excluding tert-OH is 1. The number of halogens is 1. The van der Waals surface area contributed by atoms with Crippen LogP contribution in [0.25, 0.3) is 0 Å². The number of nitrogen functional groups attached to an aromatic ring is 1. The largest absolute Gasteiger partial charge is 0.398 e. The highest BCUT2D eigenvalue weighted by atomic mass is 79.9. The zero-order valence-corrected chi connectivity index (χ0v) is 12.6. The lowest BCUT2D eigenvalue weighted by atomic mass is 9.92. The van der Waals surface area contributed by atoms with Gasteiger partial charge in [-0.15, -0.1) is 0 Å². The molecule has 3 nitrogen and oxygen atoms in total. The van der Waals surface area contributed by atoms with Crippen molar-refractivity contribution < 1.29 is 5.11 Å². The van der Waals surface area contributed by atoms with Crippen LogP contribution in [0.5, 0.6) is 0 Å². The Hall–Kier alpha value is -0.740. The molecule has 0 amide bonds. The molecule has 1 fully saturated rings. The summed E-state index contributed by atoms with van der Waals surface area (Å²) >= 11 is 3.59. The molecule has 1 saturated heterocycles. The third-order valence-electron chi connectivity index (χ3n) is 3.90. The lowest BCUT2D eigenvalue weighted by Crippen LogP contribution is -2.37. The van der Waals surface area contributed by atoms with Gasteiger partial charge in [0.15, 0.2) is 0 Å². The van der Waals surface area contributed by atoms with Crippen LogP contribution >= 0.6 is 15.9 Å². The van der Waals surface area contributed by atoms with Crippen molar-refractivity contribution in [3.8, 4) is 0 Å². The lowest BCUT2D eigenvalue weighted by Gasteiger charge is -2.35. The first-order chi connectivity index (χ1) is 8.49. The van der Waals surface area contributed by atoms with Crippen molar-refractivity contribution >= 4 is 27.3 Å². The summed E-state index contributed by atoms with van der Waals surface area (Å²) in [7, 11) is 0. The SMILES string of the molecule is Cc1cc(N2CCC(C(C)O)CC2)c(Br)cc1N. The topological polar surface area (TPSA) is 49.5 Å². The summed E-state index contributed by atoms with van der Waals surface area (Å²) in [6.45, 7) is 5.92. The second-order valence-corrected chi connectivity index (χ2v) is 6.08. The van der Waals surface area contributed by atoms with E-state index in [9.17, 15) is 5.11 Å². The molecule has 4 heteroatoms. The van der Waals surface area contributed by atoms with Gasteiger partial charge in [-0.3, -0.25) is 0 Å². The van der Waals surface area contributed by atoms with E-state index in [2.05, 4.69) is 26.9 Å². The standard InChI is InChI=1S/C14H21BrN2O/c1-9-7-14(12(15)8-13(9)16)17-5-3-11(4-6-17)10(2)18/h7-8,10-11,18H,3-6,16H2,1-2H3. The van der Waals surface area contributed by atoms with Gasteiger partial charge in [0.2, 0.25) is 0 Å². The average Bonchev–Trinajstić information content (AvgIpc) is 2.34. The summed E-state index contributed by atoms with van der Waals surface area (Å²) in [4.78, 5) is 2.37. The van der Waals surface area contributed by atoms with Crippen LogP contribution in [0.2, 0.25) is 0 Å². The van der Waals surface area contributed by atoms with Crippen molar-refractivity contribution in [2.45, 2.75) is 32.8 Å². The number of nitrogens with two attached hydrogens (primary N) is 1. The minimum absolute atomic E-state index is 0.191. The molecular formula is C14H21BrN2O. The average molecular weight is 313 g/mol. The van der Waals surface area contributed by atoms with Crippen molar-refractivity contribution in [1.29, 1.82) is 0 Å². The molecule has 0 radical (unpaired) electrons. The van der Waals surface area contributed by atoms with Crippen molar-refractivity contribution in [1.82, 2.24) is 0 Å². The number of benzene rings is 1. The van der Waals surface area contributed by atoms with Crippen LogP contribution in [-0.4, -0.2) is 24.3 Å². The van der Waals surface area contributed by atoms with E-state index < -0.39 is 0 Å². The Balaban J connectivity index is 2.12. The molecule has 18 heavy (non-hydrogen) atoms. The van der Waals surface area contributed by atoms with E-state index in [1.54, 1.807) is 0 Å². The maximum Gasteiger partial charge on any atom is 0.0541 e. The number of aliphatic hydroxyl groups is 1. The molecule has 1 unspecified atom stereocenters. The highest BCUT2D eigenvalue weighted by Gasteiger charge is 2.23. The van der Waals surface area contributed by atoms with Gasteiger partial charge in [0.05, 0.1) is 11.8 Å². The van der Waals surface area contributed by atoms with Crippen molar-refractivity contribution in [2.24, 2.45) is 5.92 Å². The van der Waals surface area contributed by atoms with Gasteiger partial charge in [-0.1, -0.05) is 0 Å². The quantitative estimate of drug-likeness (QED) is 0.825. The van der Waals surface area contributed by atoms with Crippen LogP contribution in [-0.2, 0) is 0 Å². The second-order valence-electron chi connectivity index (χ2n) is 5.23. The first-order valence-electron chi connectivity index (χ1n) is 6.47. The van der Waals surface area contributed by atoms with E-state index in [1.807, 2.05) is 19.9 Å². The number of aryl methyl sites for hydroxylation is 1. The van der Waals surface area contributed by atoms with E-state index in [4.69, 9.17) is 5.73 Å². The minimum Gasteiger partial charge on any atom is -0.398 e. The minimum atomic E-state index is -0.191. The lowest BCUT2D eigenvalue weighted by molar-refractivity contribution is 0.110. The predicted octanol–water partition coefficient (Wildman–Crippen LogP) is 2.94. The molecule has 2 rings (SSSR count). The third-order valence-corrected chi connectivity index (χ3v) is 4.53. The monoisotopic (exact) mass is 312 g/mol. The molecule has 100 valence electrons. The molecule has 0 bridgehead atoms. The molecule has 1 heterocycles. The summed E-state index contributed by atoms with van der Waals surface area (Å²) in [5, 5.41) is 9.62. The van der Waals surface area contributed by atoms with Crippen LogP contribution in [0.4, 0.5) is 11.4 Å². The molecule has 1 aromatic carbocycles. The van der Waals surface area contributed by atoms with Crippen LogP contribution in [0, 0.1) is 12.8 Å². The summed E-state index contributed by atoms with van der Waals surface area (Å²) in [6, 6.07) is 4.12. The fourth-order valence-corrected chi connectivity index (χ4v) is 3.16. The maximum atomic E-state index is 9.62. The molecule has 0 aromatic heterocycles. The van der Waals surface area contributed by atoms with Crippen LogP contribution < -0.4 is 10.6 Å². The first-order valence-corrected chi connectivity index (χ1v) is 7.27. The maximum absolute atomic E-state index is 9.62. The number of nitrogens with zero attached hydrogens (tertiary/aromatic N) is 1. The van der Waals surface area contributed by atoms with Crippen LogP contribution in [0.15, 0.2) is 16.6 Å².